The van der Waals surface area contributed by atoms with Crippen molar-refractivity contribution in [2.45, 2.75) is 0 Å². The van der Waals surface area contributed by atoms with Crippen molar-refractivity contribution >= 4 is 16.6 Å². The normalized spacial score (nSPS) is 13.3. The molecule has 5 nitrogen and oxygen atoms in total. The number of aliphatic imine (C=N–C) groups is 1. The molecule has 0 radical (unpaired) electrons. The number of hydrogen-bond acceptors (Lipinski definition) is 5. The SMILES string of the molecule is COCCOc1c(C2=NCCN2)cc2ccccc2c1-c1ccc(OC)cc1. The summed E-state index contributed by atoms with van der Waals surface area (Å²) in [7, 11) is 3.35. The van der Waals surface area contributed by atoms with E-state index in [9.17, 15) is 0 Å². The van der Waals surface area contributed by atoms with Gasteiger partial charge in [-0.1, -0.05) is 36.4 Å². The first-order valence-corrected chi connectivity index (χ1v) is 9.42. The molecular weight excluding hydrogens is 352 g/mol. The summed E-state index contributed by atoms with van der Waals surface area (Å²) >= 11 is 0. The molecule has 1 N–H and O–H groups in total. The minimum Gasteiger partial charge on any atom is -0.497 e. The summed E-state index contributed by atoms with van der Waals surface area (Å²) in [5.74, 6) is 2.54. The van der Waals surface area contributed by atoms with Gasteiger partial charge in [0, 0.05) is 19.2 Å². The third-order valence-corrected chi connectivity index (χ3v) is 4.84. The summed E-state index contributed by atoms with van der Waals surface area (Å²) in [5, 5.41) is 5.68. The van der Waals surface area contributed by atoms with E-state index in [1.54, 1.807) is 14.2 Å². The maximum Gasteiger partial charge on any atom is 0.138 e. The molecule has 0 atom stereocenters. The van der Waals surface area contributed by atoms with Crippen LogP contribution in [0.1, 0.15) is 5.56 Å². The Labute approximate surface area is 165 Å². The lowest BCUT2D eigenvalue weighted by atomic mass is 9.93. The first kappa shape index (κ1) is 18.3. The number of fused-ring (bicyclic) bond motifs is 1. The summed E-state index contributed by atoms with van der Waals surface area (Å²) < 4.78 is 16.8. The molecule has 1 aliphatic rings. The maximum absolute atomic E-state index is 6.26. The van der Waals surface area contributed by atoms with E-state index in [1.807, 2.05) is 12.1 Å². The van der Waals surface area contributed by atoms with Crippen LogP contribution in [0.2, 0.25) is 0 Å². The molecule has 4 rings (SSSR count). The van der Waals surface area contributed by atoms with Crippen LogP contribution < -0.4 is 14.8 Å². The van der Waals surface area contributed by atoms with E-state index < -0.39 is 0 Å². The van der Waals surface area contributed by atoms with Gasteiger partial charge < -0.3 is 19.5 Å². The Hall–Kier alpha value is -3.05. The predicted molar refractivity (Wildman–Crippen MR) is 113 cm³/mol. The van der Waals surface area contributed by atoms with E-state index in [-0.39, 0.29) is 0 Å². The fourth-order valence-electron chi connectivity index (χ4n) is 3.50. The number of rotatable bonds is 7. The highest BCUT2D eigenvalue weighted by Gasteiger charge is 2.21. The van der Waals surface area contributed by atoms with Gasteiger partial charge in [0.15, 0.2) is 0 Å². The molecule has 1 aliphatic heterocycles. The summed E-state index contributed by atoms with van der Waals surface area (Å²) in [4.78, 5) is 4.64. The van der Waals surface area contributed by atoms with Gasteiger partial charge in [-0.2, -0.15) is 0 Å². The highest BCUT2D eigenvalue weighted by molar-refractivity contribution is 6.11. The van der Waals surface area contributed by atoms with Crippen LogP contribution in [0.4, 0.5) is 0 Å². The first-order valence-electron chi connectivity index (χ1n) is 9.42. The molecule has 0 saturated carbocycles. The molecule has 0 saturated heterocycles. The predicted octanol–water partition coefficient (Wildman–Crippen LogP) is 3.89. The highest BCUT2D eigenvalue weighted by atomic mass is 16.5. The largest absolute Gasteiger partial charge is 0.497 e. The molecule has 0 amide bonds. The fourth-order valence-corrected chi connectivity index (χ4v) is 3.50. The van der Waals surface area contributed by atoms with E-state index >= 15 is 0 Å². The number of amidine groups is 1. The second kappa shape index (κ2) is 8.31. The van der Waals surface area contributed by atoms with Gasteiger partial charge in [0.05, 0.1) is 25.8 Å². The molecule has 3 aromatic carbocycles. The molecule has 0 unspecified atom stereocenters. The van der Waals surface area contributed by atoms with Gasteiger partial charge in [0.2, 0.25) is 0 Å². The van der Waals surface area contributed by atoms with Crippen LogP contribution in [0.25, 0.3) is 21.9 Å². The second-order valence-corrected chi connectivity index (χ2v) is 6.58. The number of methoxy groups -OCH3 is 2. The van der Waals surface area contributed by atoms with Crippen LogP contribution in [-0.4, -0.2) is 46.4 Å². The van der Waals surface area contributed by atoms with Crippen LogP contribution in [0.15, 0.2) is 59.6 Å². The maximum atomic E-state index is 6.26. The van der Waals surface area contributed by atoms with Crippen molar-refractivity contribution in [2.75, 3.05) is 40.5 Å². The molecule has 0 aliphatic carbocycles. The lowest BCUT2D eigenvalue weighted by Crippen LogP contribution is -2.21. The highest BCUT2D eigenvalue weighted by Crippen LogP contribution is 2.41. The Balaban J connectivity index is 1.95. The van der Waals surface area contributed by atoms with E-state index in [4.69, 9.17) is 14.2 Å². The van der Waals surface area contributed by atoms with Crippen molar-refractivity contribution < 1.29 is 14.2 Å². The second-order valence-electron chi connectivity index (χ2n) is 6.58. The quantitative estimate of drug-likeness (QED) is 0.636. The van der Waals surface area contributed by atoms with Crippen LogP contribution in [-0.2, 0) is 4.74 Å². The zero-order valence-corrected chi connectivity index (χ0v) is 16.2. The molecule has 28 heavy (non-hydrogen) atoms. The van der Waals surface area contributed by atoms with Crippen molar-refractivity contribution in [2.24, 2.45) is 4.99 Å². The summed E-state index contributed by atoms with van der Waals surface area (Å²) in [6, 6.07) is 18.6. The third-order valence-electron chi connectivity index (χ3n) is 4.84. The monoisotopic (exact) mass is 376 g/mol. The number of hydrogen-bond donors (Lipinski definition) is 1. The molecule has 0 fully saturated rings. The molecule has 144 valence electrons. The lowest BCUT2D eigenvalue weighted by Gasteiger charge is -2.19. The van der Waals surface area contributed by atoms with Crippen LogP contribution in [0.3, 0.4) is 0 Å². The van der Waals surface area contributed by atoms with Crippen molar-refractivity contribution in [3.63, 3.8) is 0 Å². The van der Waals surface area contributed by atoms with Crippen molar-refractivity contribution in [3.8, 4) is 22.6 Å². The number of nitrogens with one attached hydrogen (secondary N) is 1. The average Bonchev–Trinajstić information content (AvgIpc) is 3.28. The average molecular weight is 376 g/mol. The Morgan fingerprint density at radius 1 is 1.00 bits per heavy atom. The zero-order valence-electron chi connectivity index (χ0n) is 16.2. The van der Waals surface area contributed by atoms with Crippen LogP contribution in [0, 0.1) is 0 Å². The number of ether oxygens (including phenoxy) is 3. The van der Waals surface area contributed by atoms with Crippen LogP contribution >= 0.6 is 0 Å². The standard InChI is InChI=1S/C23H24N2O3/c1-26-13-14-28-22-20(23-24-11-12-25-23)15-17-5-3-4-6-19(17)21(22)16-7-9-18(27-2)10-8-16/h3-10,15H,11-14H2,1-2H3,(H,24,25). The molecule has 3 aromatic rings. The van der Waals surface area contributed by atoms with Gasteiger partial charge in [0.25, 0.3) is 0 Å². The first-order chi connectivity index (χ1) is 13.8. The van der Waals surface area contributed by atoms with Gasteiger partial charge in [-0.25, -0.2) is 0 Å². The molecular formula is C23H24N2O3. The summed E-state index contributed by atoms with van der Waals surface area (Å²) in [5.41, 5.74) is 3.12. The third kappa shape index (κ3) is 3.53. The molecule has 1 heterocycles. The van der Waals surface area contributed by atoms with Crippen molar-refractivity contribution in [1.82, 2.24) is 5.32 Å². The Morgan fingerprint density at radius 2 is 1.82 bits per heavy atom. The minimum absolute atomic E-state index is 0.471. The molecule has 5 heteroatoms. The van der Waals surface area contributed by atoms with Gasteiger partial charge >= 0.3 is 0 Å². The Kier molecular flexibility index (Phi) is 5.44. The lowest BCUT2D eigenvalue weighted by molar-refractivity contribution is 0.146. The zero-order chi connectivity index (χ0) is 19.3. The van der Waals surface area contributed by atoms with Crippen LogP contribution in [0.5, 0.6) is 11.5 Å². The van der Waals surface area contributed by atoms with Gasteiger partial charge in [-0.15, -0.1) is 0 Å². The van der Waals surface area contributed by atoms with E-state index in [0.29, 0.717) is 13.2 Å². The van der Waals surface area contributed by atoms with Gasteiger partial charge in [-0.05, 0) is 34.5 Å². The molecule has 0 spiro atoms. The summed E-state index contributed by atoms with van der Waals surface area (Å²) in [6.45, 7) is 2.61. The number of benzene rings is 3. The van der Waals surface area contributed by atoms with E-state index in [0.717, 1.165) is 57.9 Å². The van der Waals surface area contributed by atoms with Crippen molar-refractivity contribution in [3.05, 3.63) is 60.2 Å². The van der Waals surface area contributed by atoms with Gasteiger partial charge in [0.1, 0.15) is 23.9 Å². The summed E-state index contributed by atoms with van der Waals surface area (Å²) in [6.07, 6.45) is 0. The topological polar surface area (TPSA) is 52.1 Å². The molecule has 0 bridgehead atoms. The smallest absolute Gasteiger partial charge is 0.138 e. The number of nitrogens with zero attached hydrogens (tertiary/aromatic N) is 1. The fraction of sp³-hybridized carbons (Fsp3) is 0.261. The van der Waals surface area contributed by atoms with Crippen molar-refractivity contribution in [1.29, 1.82) is 0 Å². The van der Waals surface area contributed by atoms with Gasteiger partial charge in [-0.3, -0.25) is 4.99 Å². The Bertz CT molecular complexity index is 997. The van der Waals surface area contributed by atoms with E-state index in [2.05, 4.69) is 52.8 Å². The van der Waals surface area contributed by atoms with E-state index in [1.165, 1.54) is 0 Å². The minimum atomic E-state index is 0.471. The Morgan fingerprint density at radius 3 is 2.54 bits per heavy atom. The molecule has 0 aromatic heterocycles.